The minimum Gasteiger partial charge on any atom is -0.497 e. The molecule has 0 bridgehead atoms. The number of hydrogen-bond acceptors (Lipinski definition) is 8. The van der Waals surface area contributed by atoms with Crippen LogP contribution in [0.15, 0.2) is 43.0 Å². The van der Waals surface area contributed by atoms with Gasteiger partial charge in [0.25, 0.3) is 0 Å². The highest BCUT2D eigenvalue weighted by Crippen LogP contribution is 2.28. The Balaban J connectivity index is 1.34. The molecule has 0 unspecified atom stereocenters. The predicted molar refractivity (Wildman–Crippen MR) is 110 cm³/mol. The molecular weight excluding hydrogens is 386 g/mol. The Labute approximate surface area is 173 Å². The molecule has 30 heavy (non-hydrogen) atoms. The van der Waals surface area contributed by atoms with E-state index in [1.165, 1.54) is 6.33 Å². The molecule has 1 amide bonds. The topological polar surface area (TPSA) is 107 Å². The number of piperidine rings is 1. The van der Waals surface area contributed by atoms with Crippen LogP contribution in [0.4, 0.5) is 11.5 Å². The van der Waals surface area contributed by atoms with Crippen molar-refractivity contribution in [3.05, 3.63) is 43.0 Å². The molecule has 1 aromatic carbocycles. The SMILES string of the molecule is COc1cc(NC(=O)C2CCN(c3ccc(-n4cncn4)nn3)CC2)cc(OC)c1. The van der Waals surface area contributed by atoms with Crippen LogP contribution in [-0.4, -0.2) is 58.2 Å². The van der Waals surface area contributed by atoms with E-state index in [0.717, 1.165) is 31.7 Å². The van der Waals surface area contributed by atoms with E-state index in [9.17, 15) is 4.79 Å². The number of amides is 1. The Morgan fingerprint density at radius 3 is 2.27 bits per heavy atom. The molecular formula is C20H23N7O3. The molecule has 10 heteroatoms. The first kappa shape index (κ1) is 19.6. The first-order valence-electron chi connectivity index (χ1n) is 9.64. The molecule has 3 heterocycles. The van der Waals surface area contributed by atoms with Gasteiger partial charge in [0.2, 0.25) is 5.91 Å². The van der Waals surface area contributed by atoms with Crippen molar-refractivity contribution < 1.29 is 14.3 Å². The number of anilines is 2. The van der Waals surface area contributed by atoms with Crippen molar-refractivity contribution in [1.29, 1.82) is 0 Å². The molecule has 1 fully saturated rings. The zero-order valence-electron chi connectivity index (χ0n) is 16.9. The zero-order valence-corrected chi connectivity index (χ0v) is 16.9. The van der Waals surface area contributed by atoms with E-state index in [2.05, 4.69) is 30.5 Å². The van der Waals surface area contributed by atoms with Gasteiger partial charge in [-0.25, -0.2) is 9.67 Å². The van der Waals surface area contributed by atoms with Gasteiger partial charge < -0.3 is 19.7 Å². The molecule has 0 spiro atoms. The predicted octanol–water partition coefficient (Wildman–Crippen LogP) is 1.93. The molecule has 2 aromatic heterocycles. The van der Waals surface area contributed by atoms with Crippen LogP contribution in [0.1, 0.15) is 12.8 Å². The molecule has 4 rings (SSSR count). The second-order valence-corrected chi connectivity index (χ2v) is 6.94. The lowest BCUT2D eigenvalue weighted by atomic mass is 9.96. The number of hydrogen-bond donors (Lipinski definition) is 1. The lowest BCUT2D eigenvalue weighted by Crippen LogP contribution is -2.38. The number of nitrogens with one attached hydrogen (secondary N) is 1. The number of carbonyl (C=O) groups is 1. The third-order valence-corrected chi connectivity index (χ3v) is 5.10. The van der Waals surface area contributed by atoms with Crippen LogP contribution in [0, 0.1) is 5.92 Å². The second kappa shape index (κ2) is 8.76. The zero-order chi connectivity index (χ0) is 20.9. The largest absolute Gasteiger partial charge is 0.497 e. The second-order valence-electron chi connectivity index (χ2n) is 6.94. The van der Waals surface area contributed by atoms with Crippen molar-refractivity contribution >= 4 is 17.4 Å². The minimum absolute atomic E-state index is 0.00225. The summed E-state index contributed by atoms with van der Waals surface area (Å²) in [6.45, 7) is 1.47. The molecule has 156 valence electrons. The Bertz CT molecular complexity index is 962. The number of methoxy groups -OCH3 is 2. The van der Waals surface area contributed by atoms with E-state index < -0.39 is 0 Å². The molecule has 0 aliphatic carbocycles. The summed E-state index contributed by atoms with van der Waals surface area (Å²) in [5.41, 5.74) is 0.660. The quantitative estimate of drug-likeness (QED) is 0.658. The van der Waals surface area contributed by atoms with Gasteiger partial charge in [0.15, 0.2) is 11.6 Å². The Morgan fingerprint density at radius 2 is 1.70 bits per heavy atom. The molecule has 3 aromatic rings. The average Bonchev–Trinajstić information content (AvgIpc) is 3.34. The van der Waals surface area contributed by atoms with Gasteiger partial charge in [0.1, 0.15) is 24.2 Å². The summed E-state index contributed by atoms with van der Waals surface area (Å²) in [4.78, 5) is 18.8. The fourth-order valence-corrected chi connectivity index (χ4v) is 3.43. The van der Waals surface area contributed by atoms with E-state index in [1.807, 2.05) is 12.1 Å². The van der Waals surface area contributed by atoms with E-state index in [-0.39, 0.29) is 11.8 Å². The molecule has 1 aliphatic heterocycles. The number of aromatic nitrogens is 5. The summed E-state index contributed by atoms with van der Waals surface area (Å²) in [5.74, 6) is 2.59. The van der Waals surface area contributed by atoms with Gasteiger partial charge in [-0.05, 0) is 25.0 Å². The molecule has 1 saturated heterocycles. The van der Waals surface area contributed by atoms with Crippen LogP contribution in [0.3, 0.4) is 0 Å². The Morgan fingerprint density at radius 1 is 1.03 bits per heavy atom. The first-order valence-corrected chi connectivity index (χ1v) is 9.64. The minimum atomic E-state index is -0.0687. The molecule has 10 nitrogen and oxygen atoms in total. The van der Waals surface area contributed by atoms with Gasteiger partial charge in [0.05, 0.1) is 14.2 Å². The normalized spacial score (nSPS) is 14.4. The van der Waals surface area contributed by atoms with Gasteiger partial charge in [-0.1, -0.05) is 0 Å². The highest BCUT2D eigenvalue weighted by molar-refractivity contribution is 5.93. The maximum atomic E-state index is 12.7. The summed E-state index contributed by atoms with van der Waals surface area (Å²) < 4.78 is 12.1. The van der Waals surface area contributed by atoms with Gasteiger partial charge in [-0.15, -0.1) is 10.2 Å². The van der Waals surface area contributed by atoms with Crippen molar-refractivity contribution in [1.82, 2.24) is 25.0 Å². The summed E-state index contributed by atoms with van der Waals surface area (Å²) in [6, 6.07) is 9.09. The Hall–Kier alpha value is -3.69. The van der Waals surface area contributed by atoms with Crippen molar-refractivity contribution in [2.24, 2.45) is 5.92 Å². The number of benzene rings is 1. The fourth-order valence-electron chi connectivity index (χ4n) is 3.43. The number of ether oxygens (including phenoxy) is 2. The lowest BCUT2D eigenvalue weighted by molar-refractivity contribution is -0.120. The molecule has 0 radical (unpaired) electrons. The summed E-state index contributed by atoms with van der Waals surface area (Å²) >= 11 is 0. The monoisotopic (exact) mass is 409 g/mol. The van der Waals surface area contributed by atoms with Crippen molar-refractivity contribution in [3.8, 4) is 17.3 Å². The highest BCUT2D eigenvalue weighted by atomic mass is 16.5. The summed E-state index contributed by atoms with van der Waals surface area (Å²) in [6.07, 6.45) is 4.50. The van der Waals surface area contributed by atoms with E-state index in [0.29, 0.717) is 23.0 Å². The Kier molecular flexibility index (Phi) is 5.73. The number of nitrogens with zero attached hydrogens (tertiary/aromatic N) is 6. The third kappa shape index (κ3) is 4.32. The standard InChI is InChI=1S/C20H23N7O3/c1-29-16-9-15(10-17(11-16)30-2)23-20(28)14-5-7-26(8-6-14)18-3-4-19(25-24-18)27-13-21-12-22-27/h3-4,9-14H,5-8H2,1-2H3,(H,23,28). The van der Waals surface area contributed by atoms with Gasteiger partial charge in [-0.3, -0.25) is 4.79 Å². The smallest absolute Gasteiger partial charge is 0.227 e. The van der Waals surface area contributed by atoms with Crippen LogP contribution in [0.25, 0.3) is 5.82 Å². The van der Waals surface area contributed by atoms with Crippen LogP contribution in [-0.2, 0) is 4.79 Å². The highest BCUT2D eigenvalue weighted by Gasteiger charge is 2.26. The third-order valence-electron chi connectivity index (χ3n) is 5.10. The van der Waals surface area contributed by atoms with Crippen LogP contribution < -0.4 is 19.7 Å². The van der Waals surface area contributed by atoms with Crippen molar-refractivity contribution in [2.75, 3.05) is 37.5 Å². The number of carbonyl (C=O) groups excluding carboxylic acids is 1. The maximum Gasteiger partial charge on any atom is 0.227 e. The van der Waals surface area contributed by atoms with Crippen molar-refractivity contribution in [3.63, 3.8) is 0 Å². The molecule has 0 saturated carbocycles. The van der Waals surface area contributed by atoms with E-state index in [4.69, 9.17) is 9.47 Å². The molecule has 1 N–H and O–H groups in total. The first-order chi connectivity index (χ1) is 14.7. The molecule has 1 aliphatic rings. The van der Waals surface area contributed by atoms with Crippen LogP contribution in [0.5, 0.6) is 11.5 Å². The van der Waals surface area contributed by atoms with Crippen LogP contribution >= 0.6 is 0 Å². The van der Waals surface area contributed by atoms with E-state index >= 15 is 0 Å². The fraction of sp³-hybridized carbons (Fsp3) is 0.350. The maximum absolute atomic E-state index is 12.7. The van der Waals surface area contributed by atoms with Gasteiger partial charge in [-0.2, -0.15) is 5.10 Å². The average molecular weight is 409 g/mol. The van der Waals surface area contributed by atoms with Gasteiger partial charge in [0, 0.05) is 42.9 Å². The summed E-state index contributed by atoms with van der Waals surface area (Å²) in [5, 5.41) is 15.5. The number of rotatable bonds is 6. The lowest BCUT2D eigenvalue weighted by Gasteiger charge is -2.31. The van der Waals surface area contributed by atoms with Crippen molar-refractivity contribution in [2.45, 2.75) is 12.8 Å². The van der Waals surface area contributed by atoms with Crippen LogP contribution in [0.2, 0.25) is 0 Å². The molecule has 0 atom stereocenters. The van der Waals surface area contributed by atoms with E-state index in [1.54, 1.807) is 43.4 Å². The van der Waals surface area contributed by atoms with Gasteiger partial charge >= 0.3 is 0 Å². The summed E-state index contributed by atoms with van der Waals surface area (Å²) in [7, 11) is 3.16.